The summed E-state index contributed by atoms with van der Waals surface area (Å²) in [6.45, 7) is 6.80. The van der Waals surface area contributed by atoms with Crippen molar-refractivity contribution >= 4 is 5.97 Å². The maximum atomic E-state index is 12.7. The van der Waals surface area contributed by atoms with Crippen molar-refractivity contribution in [1.29, 1.82) is 5.26 Å². The Morgan fingerprint density at radius 1 is 0.879 bits per heavy atom. The standard InChI is InChI=1S/C28H30N2O3/c1-27(2,3)24-16-23(14-15-25(24)32-18-21-10-6-4-7-11-21)17-28(30,20-29)26(31)33-19-22-12-8-5-9-13-22/h4-16H,17-19,30H2,1-3H3. The number of carbonyl (C=O) groups is 1. The predicted molar refractivity (Wildman–Crippen MR) is 128 cm³/mol. The quantitative estimate of drug-likeness (QED) is 0.492. The molecule has 0 saturated carbocycles. The number of carbonyl (C=O) groups excluding carboxylic acids is 1. The Kier molecular flexibility index (Phi) is 7.52. The number of nitrogens with zero attached hydrogens (tertiary/aromatic N) is 1. The first-order valence-electron chi connectivity index (χ1n) is 10.9. The molecule has 0 aliphatic rings. The zero-order valence-electron chi connectivity index (χ0n) is 19.4. The molecule has 1 atom stereocenters. The highest BCUT2D eigenvalue weighted by Gasteiger charge is 2.37. The Hall–Kier alpha value is -3.62. The summed E-state index contributed by atoms with van der Waals surface area (Å²) >= 11 is 0. The van der Waals surface area contributed by atoms with E-state index in [4.69, 9.17) is 15.2 Å². The molecule has 0 radical (unpaired) electrons. The minimum absolute atomic E-state index is 0.0408. The lowest BCUT2D eigenvalue weighted by Gasteiger charge is -2.25. The second kappa shape index (κ2) is 10.3. The van der Waals surface area contributed by atoms with Gasteiger partial charge in [-0.15, -0.1) is 0 Å². The van der Waals surface area contributed by atoms with Gasteiger partial charge in [0.15, 0.2) is 0 Å². The molecule has 0 aromatic heterocycles. The molecule has 3 rings (SSSR count). The Bertz CT molecular complexity index is 1120. The van der Waals surface area contributed by atoms with Crippen molar-refractivity contribution in [2.24, 2.45) is 5.73 Å². The van der Waals surface area contributed by atoms with Crippen LogP contribution < -0.4 is 10.5 Å². The number of nitrogens with two attached hydrogens (primary N) is 1. The number of ether oxygens (including phenoxy) is 2. The molecule has 170 valence electrons. The molecular formula is C28H30N2O3. The van der Waals surface area contributed by atoms with Crippen molar-refractivity contribution in [2.45, 2.75) is 51.4 Å². The zero-order chi connectivity index (χ0) is 23.9. The van der Waals surface area contributed by atoms with E-state index in [0.717, 1.165) is 28.0 Å². The molecule has 0 bridgehead atoms. The van der Waals surface area contributed by atoms with E-state index >= 15 is 0 Å². The molecule has 2 N–H and O–H groups in total. The van der Waals surface area contributed by atoms with Gasteiger partial charge in [0.1, 0.15) is 19.0 Å². The third-order valence-corrected chi connectivity index (χ3v) is 5.35. The van der Waals surface area contributed by atoms with Crippen molar-refractivity contribution in [2.75, 3.05) is 0 Å². The minimum Gasteiger partial charge on any atom is -0.489 e. The number of esters is 1. The zero-order valence-corrected chi connectivity index (χ0v) is 19.4. The van der Waals surface area contributed by atoms with Crippen LogP contribution in [0.25, 0.3) is 0 Å². The first-order valence-corrected chi connectivity index (χ1v) is 10.9. The molecule has 5 heteroatoms. The van der Waals surface area contributed by atoms with Crippen LogP contribution in [0.1, 0.15) is 43.0 Å². The van der Waals surface area contributed by atoms with E-state index in [1.807, 2.05) is 84.9 Å². The van der Waals surface area contributed by atoms with Gasteiger partial charge in [-0.25, -0.2) is 4.79 Å². The van der Waals surface area contributed by atoms with Gasteiger partial charge in [-0.3, -0.25) is 0 Å². The van der Waals surface area contributed by atoms with Gasteiger partial charge in [-0.2, -0.15) is 5.26 Å². The van der Waals surface area contributed by atoms with Gasteiger partial charge < -0.3 is 15.2 Å². The van der Waals surface area contributed by atoms with Crippen molar-refractivity contribution in [3.63, 3.8) is 0 Å². The van der Waals surface area contributed by atoms with E-state index in [0.29, 0.717) is 6.61 Å². The van der Waals surface area contributed by atoms with E-state index in [-0.39, 0.29) is 18.4 Å². The molecule has 0 heterocycles. The van der Waals surface area contributed by atoms with Gasteiger partial charge in [-0.1, -0.05) is 93.6 Å². The summed E-state index contributed by atoms with van der Waals surface area (Å²) in [6.07, 6.45) is 0.0408. The lowest BCUT2D eigenvalue weighted by Crippen LogP contribution is -2.49. The van der Waals surface area contributed by atoms with Crippen LogP contribution in [0.2, 0.25) is 0 Å². The van der Waals surface area contributed by atoms with Crippen LogP contribution in [0, 0.1) is 11.3 Å². The van der Waals surface area contributed by atoms with E-state index in [2.05, 4.69) is 20.8 Å². The predicted octanol–water partition coefficient (Wildman–Crippen LogP) is 5.07. The number of hydrogen-bond acceptors (Lipinski definition) is 5. The van der Waals surface area contributed by atoms with Crippen LogP contribution in [0.4, 0.5) is 0 Å². The van der Waals surface area contributed by atoms with Crippen molar-refractivity contribution in [1.82, 2.24) is 0 Å². The summed E-state index contributed by atoms with van der Waals surface area (Å²) in [6, 6.07) is 26.9. The van der Waals surface area contributed by atoms with E-state index in [1.54, 1.807) is 0 Å². The van der Waals surface area contributed by atoms with Crippen LogP contribution in [0.3, 0.4) is 0 Å². The normalized spacial score (nSPS) is 12.9. The molecule has 0 aliphatic heterocycles. The maximum absolute atomic E-state index is 12.7. The Labute approximate surface area is 195 Å². The average molecular weight is 443 g/mol. The second-order valence-corrected chi connectivity index (χ2v) is 9.18. The topological polar surface area (TPSA) is 85.3 Å². The van der Waals surface area contributed by atoms with E-state index in [1.165, 1.54) is 0 Å². The molecule has 0 fully saturated rings. The summed E-state index contributed by atoms with van der Waals surface area (Å²) in [5, 5.41) is 9.71. The molecule has 3 aromatic carbocycles. The molecule has 5 nitrogen and oxygen atoms in total. The highest BCUT2D eigenvalue weighted by atomic mass is 16.5. The molecule has 0 amide bonds. The fourth-order valence-electron chi connectivity index (χ4n) is 3.47. The summed E-state index contributed by atoms with van der Waals surface area (Å²) in [7, 11) is 0. The van der Waals surface area contributed by atoms with E-state index < -0.39 is 11.5 Å². The van der Waals surface area contributed by atoms with Crippen molar-refractivity contribution in [3.8, 4) is 11.8 Å². The third-order valence-electron chi connectivity index (χ3n) is 5.35. The number of benzene rings is 3. The molecule has 33 heavy (non-hydrogen) atoms. The summed E-state index contributed by atoms with van der Waals surface area (Å²) < 4.78 is 11.5. The van der Waals surface area contributed by atoms with Gasteiger partial charge >= 0.3 is 5.97 Å². The molecule has 3 aromatic rings. The third kappa shape index (κ3) is 6.44. The van der Waals surface area contributed by atoms with Crippen LogP contribution in [-0.2, 0) is 34.6 Å². The molecule has 0 saturated heterocycles. The summed E-state index contributed by atoms with van der Waals surface area (Å²) in [4.78, 5) is 12.7. The van der Waals surface area contributed by atoms with Crippen LogP contribution >= 0.6 is 0 Å². The lowest BCUT2D eigenvalue weighted by atomic mass is 9.83. The SMILES string of the molecule is CC(C)(C)c1cc(CC(N)(C#N)C(=O)OCc2ccccc2)ccc1OCc1ccccc1. The van der Waals surface area contributed by atoms with Gasteiger partial charge in [0, 0.05) is 6.42 Å². The van der Waals surface area contributed by atoms with Gasteiger partial charge in [0.25, 0.3) is 0 Å². The number of rotatable bonds is 8. The van der Waals surface area contributed by atoms with Crippen molar-refractivity contribution < 1.29 is 14.3 Å². The molecule has 1 unspecified atom stereocenters. The van der Waals surface area contributed by atoms with Crippen molar-refractivity contribution in [3.05, 3.63) is 101 Å². The minimum atomic E-state index is -1.78. The molecule has 0 spiro atoms. The summed E-state index contributed by atoms with van der Waals surface area (Å²) in [5.74, 6) is 0.0249. The van der Waals surface area contributed by atoms with E-state index in [9.17, 15) is 10.1 Å². The van der Waals surface area contributed by atoms with Gasteiger partial charge in [0.2, 0.25) is 5.54 Å². The first kappa shape index (κ1) is 24.0. The Balaban J connectivity index is 1.76. The van der Waals surface area contributed by atoms with Gasteiger partial charge in [-0.05, 0) is 33.7 Å². The van der Waals surface area contributed by atoms with Crippen LogP contribution in [-0.4, -0.2) is 11.5 Å². The smallest absolute Gasteiger partial charge is 0.341 e. The van der Waals surface area contributed by atoms with Gasteiger partial charge in [0.05, 0.1) is 6.07 Å². The number of hydrogen-bond donors (Lipinski definition) is 1. The highest BCUT2D eigenvalue weighted by Crippen LogP contribution is 2.33. The Morgan fingerprint density at radius 3 is 2.00 bits per heavy atom. The molecular weight excluding hydrogens is 412 g/mol. The summed E-state index contributed by atoms with van der Waals surface area (Å²) in [5.41, 5.74) is 7.87. The van der Waals surface area contributed by atoms with Crippen LogP contribution in [0.15, 0.2) is 78.9 Å². The fourth-order valence-corrected chi connectivity index (χ4v) is 3.47. The highest BCUT2D eigenvalue weighted by molar-refractivity contribution is 5.84. The van der Waals surface area contributed by atoms with Crippen LogP contribution in [0.5, 0.6) is 5.75 Å². The molecule has 0 aliphatic carbocycles. The maximum Gasteiger partial charge on any atom is 0.341 e. The largest absolute Gasteiger partial charge is 0.489 e. The second-order valence-electron chi connectivity index (χ2n) is 9.18. The monoisotopic (exact) mass is 442 g/mol. The number of nitriles is 1. The fraction of sp³-hybridized carbons (Fsp3) is 0.286. The first-order chi connectivity index (χ1) is 15.7. The Morgan fingerprint density at radius 2 is 1.45 bits per heavy atom. The average Bonchev–Trinajstić information content (AvgIpc) is 2.82. The lowest BCUT2D eigenvalue weighted by molar-refractivity contribution is -0.149.